The molecule has 1 aromatic rings. The van der Waals surface area contributed by atoms with Crippen LogP contribution in [0, 0.1) is 0 Å². The summed E-state index contributed by atoms with van der Waals surface area (Å²) in [5.74, 6) is 1.84. The molecule has 0 aromatic heterocycles. The normalized spacial score (nSPS) is 22.5. The largest absolute Gasteiger partial charge is 0.497 e. The summed E-state index contributed by atoms with van der Waals surface area (Å²) in [6, 6.07) is 5.72. The molecule has 2 atom stereocenters. The molecule has 2 unspecified atom stereocenters. The highest BCUT2D eigenvalue weighted by Gasteiger charge is 2.30. The Hall–Kier alpha value is -1.75. The number of carbonyl (C=O) groups excluding carboxylic acids is 1. The van der Waals surface area contributed by atoms with Crippen molar-refractivity contribution in [1.29, 1.82) is 0 Å². The van der Waals surface area contributed by atoms with Crippen LogP contribution in [-0.4, -0.2) is 44.2 Å². The molecule has 2 N–H and O–H groups in total. The van der Waals surface area contributed by atoms with Crippen LogP contribution in [0.15, 0.2) is 18.2 Å². The molecule has 1 heterocycles. The van der Waals surface area contributed by atoms with Crippen LogP contribution in [0.5, 0.6) is 11.5 Å². The number of amides is 1. The Morgan fingerprint density at radius 3 is 2.65 bits per heavy atom. The van der Waals surface area contributed by atoms with Gasteiger partial charge in [0.05, 0.1) is 14.2 Å². The smallest absolute Gasteiger partial charge is 0.219 e. The Labute approximate surface area is 119 Å². The minimum absolute atomic E-state index is 0.0741. The molecule has 1 amide bonds. The van der Waals surface area contributed by atoms with Gasteiger partial charge in [0.25, 0.3) is 0 Å². The first kappa shape index (κ1) is 14.7. The zero-order valence-corrected chi connectivity index (χ0v) is 12.3. The molecule has 2 rings (SSSR count). The van der Waals surface area contributed by atoms with Gasteiger partial charge < -0.3 is 20.1 Å². The van der Waals surface area contributed by atoms with E-state index in [0.717, 1.165) is 30.0 Å². The van der Waals surface area contributed by atoms with Crippen molar-refractivity contribution < 1.29 is 14.3 Å². The van der Waals surface area contributed by atoms with Crippen molar-refractivity contribution >= 4 is 5.91 Å². The number of likely N-dealkylation sites (tertiary alicyclic amines) is 1. The molecule has 0 spiro atoms. The summed E-state index contributed by atoms with van der Waals surface area (Å²) in [5, 5.41) is 0. The van der Waals surface area contributed by atoms with Gasteiger partial charge in [0.2, 0.25) is 5.91 Å². The lowest BCUT2D eigenvalue weighted by Crippen LogP contribution is -2.49. The maximum atomic E-state index is 11.4. The van der Waals surface area contributed by atoms with Crippen molar-refractivity contribution in [2.75, 3.05) is 27.3 Å². The minimum atomic E-state index is -0.0741. The Balaban J connectivity index is 2.22. The van der Waals surface area contributed by atoms with Gasteiger partial charge in [-0.1, -0.05) is 6.07 Å². The third-order valence-electron chi connectivity index (χ3n) is 3.94. The van der Waals surface area contributed by atoms with Crippen LogP contribution in [0.25, 0.3) is 0 Å². The molecule has 1 aliphatic heterocycles. The third kappa shape index (κ3) is 2.88. The van der Waals surface area contributed by atoms with Crippen LogP contribution in [-0.2, 0) is 4.79 Å². The fraction of sp³-hybridized carbons (Fsp3) is 0.533. The Bertz CT molecular complexity index is 490. The van der Waals surface area contributed by atoms with Gasteiger partial charge in [-0.3, -0.25) is 4.79 Å². The number of rotatable bonds is 3. The molecule has 0 aliphatic carbocycles. The number of methoxy groups -OCH3 is 2. The second-order valence-electron chi connectivity index (χ2n) is 5.13. The van der Waals surface area contributed by atoms with Crippen LogP contribution in [0.3, 0.4) is 0 Å². The number of nitrogens with zero attached hydrogens (tertiary/aromatic N) is 1. The van der Waals surface area contributed by atoms with Gasteiger partial charge in [0.1, 0.15) is 11.5 Å². The Kier molecular flexibility index (Phi) is 4.49. The summed E-state index contributed by atoms with van der Waals surface area (Å²) in [5.41, 5.74) is 7.34. The minimum Gasteiger partial charge on any atom is -0.497 e. The molecule has 0 radical (unpaired) electrons. The number of hydrogen-bond donors (Lipinski definition) is 1. The Morgan fingerprint density at radius 1 is 1.35 bits per heavy atom. The van der Waals surface area contributed by atoms with E-state index >= 15 is 0 Å². The van der Waals surface area contributed by atoms with Gasteiger partial charge in [-0.15, -0.1) is 0 Å². The summed E-state index contributed by atoms with van der Waals surface area (Å²) >= 11 is 0. The SMILES string of the molecule is COc1ccc(C2CCN(C(C)=O)CC2N)c(OC)c1. The summed E-state index contributed by atoms with van der Waals surface area (Å²) < 4.78 is 10.7. The fourth-order valence-corrected chi connectivity index (χ4v) is 2.78. The standard InChI is InChI=1S/C15H22N2O3/c1-10(18)17-7-6-12(14(16)9-17)13-5-4-11(19-2)8-15(13)20-3/h4-5,8,12,14H,6-7,9,16H2,1-3H3. The highest BCUT2D eigenvalue weighted by atomic mass is 16.5. The molecule has 1 aliphatic rings. The number of benzene rings is 1. The predicted molar refractivity (Wildman–Crippen MR) is 77.1 cm³/mol. The summed E-state index contributed by atoms with van der Waals surface area (Å²) in [4.78, 5) is 13.2. The molecule has 0 bridgehead atoms. The van der Waals surface area contributed by atoms with Crippen molar-refractivity contribution in [2.24, 2.45) is 5.73 Å². The predicted octanol–water partition coefficient (Wildman–Crippen LogP) is 1.37. The third-order valence-corrected chi connectivity index (χ3v) is 3.94. The van der Waals surface area contributed by atoms with E-state index in [0.29, 0.717) is 6.54 Å². The number of ether oxygens (including phenoxy) is 2. The molecule has 1 fully saturated rings. The van der Waals surface area contributed by atoms with E-state index in [1.54, 1.807) is 26.0 Å². The van der Waals surface area contributed by atoms with E-state index in [1.165, 1.54) is 0 Å². The van der Waals surface area contributed by atoms with Gasteiger partial charge in [-0.05, 0) is 18.1 Å². The Morgan fingerprint density at radius 2 is 2.10 bits per heavy atom. The van der Waals surface area contributed by atoms with Crippen molar-refractivity contribution in [3.05, 3.63) is 23.8 Å². The van der Waals surface area contributed by atoms with Crippen molar-refractivity contribution in [3.8, 4) is 11.5 Å². The maximum absolute atomic E-state index is 11.4. The summed E-state index contributed by atoms with van der Waals surface area (Å²) in [6.45, 7) is 2.92. The molecule has 110 valence electrons. The molecule has 0 saturated carbocycles. The lowest BCUT2D eigenvalue weighted by Gasteiger charge is -2.37. The van der Waals surface area contributed by atoms with Gasteiger partial charge in [0, 0.05) is 38.0 Å². The summed E-state index contributed by atoms with van der Waals surface area (Å²) in [7, 11) is 3.28. The quantitative estimate of drug-likeness (QED) is 0.907. The fourth-order valence-electron chi connectivity index (χ4n) is 2.78. The average molecular weight is 278 g/mol. The molecule has 5 heteroatoms. The number of piperidine rings is 1. The molecule has 20 heavy (non-hydrogen) atoms. The van der Waals surface area contributed by atoms with E-state index in [9.17, 15) is 4.79 Å². The van der Waals surface area contributed by atoms with Gasteiger partial charge >= 0.3 is 0 Å². The van der Waals surface area contributed by atoms with Crippen LogP contribution in [0.1, 0.15) is 24.8 Å². The van der Waals surface area contributed by atoms with Crippen molar-refractivity contribution in [1.82, 2.24) is 4.90 Å². The first-order valence-electron chi connectivity index (χ1n) is 6.79. The molecule has 5 nitrogen and oxygen atoms in total. The zero-order chi connectivity index (χ0) is 14.7. The van der Waals surface area contributed by atoms with E-state index in [1.807, 2.05) is 18.2 Å². The van der Waals surface area contributed by atoms with Gasteiger partial charge in [-0.2, -0.15) is 0 Å². The van der Waals surface area contributed by atoms with E-state index in [2.05, 4.69) is 0 Å². The molecule has 1 aromatic carbocycles. The second-order valence-corrected chi connectivity index (χ2v) is 5.13. The van der Waals surface area contributed by atoms with Gasteiger partial charge in [0.15, 0.2) is 0 Å². The first-order chi connectivity index (χ1) is 9.56. The zero-order valence-electron chi connectivity index (χ0n) is 12.3. The highest BCUT2D eigenvalue weighted by molar-refractivity contribution is 5.73. The second kappa shape index (κ2) is 6.13. The van der Waals surface area contributed by atoms with Crippen LogP contribution >= 0.6 is 0 Å². The van der Waals surface area contributed by atoms with Crippen molar-refractivity contribution in [2.45, 2.75) is 25.3 Å². The number of carbonyl (C=O) groups is 1. The van der Waals surface area contributed by atoms with E-state index in [4.69, 9.17) is 15.2 Å². The highest BCUT2D eigenvalue weighted by Crippen LogP contribution is 2.35. The first-order valence-corrected chi connectivity index (χ1v) is 6.79. The number of nitrogens with two attached hydrogens (primary N) is 1. The van der Waals surface area contributed by atoms with Gasteiger partial charge in [-0.25, -0.2) is 0 Å². The molecular formula is C15H22N2O3. The van der Waals surface area contributed by atoms with E-state index < -0.39 is 0 Å². The topological polar surface area (TPSA) is 64.8 Å². The van der Waals surface area contributed by atoms with Crippen molar-refractivity contribution in [3.63, 3.8) is 0 Å². The monoisotopic (exact) mass is 278 g/mol. The van der Waals surface area contributed by atoms with Crippen LogP contribution < -0.4 is 15.2 Å². The van der Waals surface area contributed by atoms with E-state index in [-0.39, 0.29) is 17.9 Å². The molecular weight excluding hydrogens is 256 g/mol. The summed E-state index contributed by atoms with van der Waals surface area (Å²) in [6.07, 6.45) is 0.851. The lowest BCUT2D eigenvalue weighted by atomic mass is 9.85. The molecule has 1 saturated heterocycles. The average Bonchev–Trinajstić information content (AvgIpc) is 2.46. The van der Waals surface area contributed by atoms with Crippen LogP contribution in [0.4, 0.5) is 0 Å². The van der Waals surface area contributed by atoms with Crippen LogP contribution in [0.2, 0.25) is 0 Å². The lowest BCUT2D eigenvalue weighted by molar-refractivity contribution is -0.130. The number of hydrogen-bond acceptors (Lipinski definition) is 4. The maximum Gasteiger partial charge on any atom is 0.219 e.